The monoisotopic (exact) mass is 241 g/mol. The molecule has 0 bridgehead atoms. The third kappa shape index (κ3) is 2.74. The maximum Gasteiger partial charge on any atom is 0.151 e. The van der Waals surface area contributed by atoms with Crippen LogP contribution in [-0.2, 0) is 16.4 Å². The first-order chi connectivity index (χ1) is 7.57. The highest BCUT2D eigenvalue weighted by molar-refractivity contribution is 7.91. The van der Waals surface area contributed by atoms with Gasteiger partial charge in [0.15, 0.2) is 9.84 Å². The van der Waals surface area contributed by atoms with Gasteiger partial charge in [-0.25, -0.2) is 8.42 Å². The minimum atomic E-state index is -2.83. The lowest BCUT2D eigenvalue weighted by Crippen LogP contribution is -2.29. The fourth-order valence-corrected chi connectivity index (χ4v) is 3.58. The quantitative estimate of drug-likeness (QED) is 0.816. The Balaban J connectivity index is 1.92. The van der Waals surface area contributed by atoms with E-state index in [4.69, 9.17) is 0 Å². The Morgan fingerprint density at radius 1 is 1.38 bits per heavy atom. The van der Waals surface area contributed by atoms with Gasteiger partial charge in [-0.05, 0) is 12.5 Å². The smallest absolute Gasteiger partial charge is 0.151 e. The van der Waals surface area contributed by atoms with Crippen molar-refractivity contribution >= 4 is 9.84 Å². The van der Waals surface area contributed by atoms with Crippen LogP contribution in [0.4, 0.5) is 0 Å². The zero-order chi connectivity index (χ0) is 11.6. The van der Waals surface area contributed by atoms with Crippen LogP contribution in [-0.4, -0.2) is 31.1 Å². The fraction of sp³-hybridized carbons (Fsp3) is 0.455. The summed E-state index contributed by atoms with van der Waals surface area (Å²) in [4.78, 5) is 0. The molecule has 1 fully saturated rings. The van der Waals surface area contributed by atoms with E-state index in [1.165, 1.54) is 0 Å². The van der Waals surface area contributed by atoms with E-state index < -0.39 is 9.84 Å². The van der Waals surface area contributed by atoms with Crippen molar-refractivity contribution in [2.75, 3.05) is 11.5 Å². The van der Waals surface area contributed by atoms with Crippen LogP contribution < -0.4 is 5.32 Å². The number of benzene rings is 1. The number of phenols is 1. The molecule has 5 heteroatoms. The second kappa shape index (κ2) is 4.43. The van der Waals surface area contributed by atoms with E-state index >= 15 is 0 Å². The van der Waals surface area contributed by atoms with Crippen LogP contribution in [0.25, 0.3) is 0 Å². The summed E-state index contributed by atoms with van der Waals surface area (Å²) in [7, 11) is -2.83. The Bertz CT molecular complexity index is 470. The molecule has 0 amide bonds. The van der Waals surface area contributed by atoms with Crippen molar-refractivity contribution in [1.82, 2.24) is 5.32 Å². The Hall–Kier alpha value is -1.07. The molecule has 4 nitrogen and oxygen atoms in total. The van der Waals surface area contributed by atoms with Crippen LogP contribution in [0.5, 0.6) is 5.75 Å². The van der Waals surface area contributed by atoms with Gasteiger partial charge in [0.2, 0.25) is 0 Å². The van der Waals surface area contributed by atoms with Crippen molar-refractivity contribution in [2.24, 2.45) is 0 Å². The van der Waals surface area contributed by atoms with Gasteiger partial charge in [-0.15, -0.1) is 0 Å². The minimum absolute atomic E-state index is 0.0182. The van der Waals surface area contributed by atoms with Gasteiger partial charge in [0.25, 0.3) is 0 Å². The van der Waals surface area contributed by atoms with Crippen molar-refractivity contribution in [3.8, 4) is 5.75 Å². The topological polar surface area (TPSA) is 66.4 Å². The van der Waals surface area contributed by atoms with E-state index in [-0.39, 0.29) is 23.3 Å². The van der Waals surface area contributed by atoms with Gasteiger partial charge in [-0.2, -0.15) is 0 Å². The lowest BCUT2D eigenvalue weighted by atomic mass is 10.2. The molecule has 1 aromatic rings. The zero-order valence-corrected chi connectivity index (χ0v) is 9.70. The number of aromatic hydroxyl groups is 1. The maximum atomic E-state index is 11.2. The van der Waals surface area contributed by atoms with E-state index in [0.717, 1.165) is 5.56 Å². The predicted octanol–water partition coefficient (Wildman–Crippen LogP) is 0.669. The third-order valence-corrected chi connectivity index (χ3v) is 4.57. The lowest BCUT2D eigenvalue weighted by Gasteiger charge is -2.11. The number of rotatable bonds is 3. The van der Waals surface area contributed by atoms with Gasteiger partial charge in [0, 0.05) is 18.2 Å². The van der Waals surface area contributed by atoms with Crippen molar-refractivity contribution < 1.29 is 13.5 Å². The normalized spacial score (nSPS) is 23.4. The van der Waals surface area contributed by atoms with E-state index in [9.17, 15) is 13.5 Å². The van der Waals surface area contributed by atoms with Crippen molar-refractivity contribution in [3.63, 3.8) is 0 Å². The average Bonchev–Trinajstić information content (AvgIpc) is 2.57. The summed E-state index contributed by atoms with van der Waals surface area (Å²) in [6.07, 6.45) is 0.663. The molecule has 1 unspecified atom stereocenters. The van der Waals surface area contributed by atoms with Crippen LogP contribution in [0, 0.1) is 0 Å². The molecule has 0 spiro atoms. The molecular formula is C11H15NO3S. The molecule has 1 atom stereocenters. The van der Waals surface area contributed by atoms with Crippen LogP contribution in [0.2, 0.25) is 0 Å². The van der Waals surface area contributed by atoms with E-state index in [1.54, 1.807) is 12.1 Å². The summed E-state index contributed by atoms with van der Waals surface area (Å²) in [6.45, 7) is 0.507. The molecular weight excluding hydrogens is 226 g/mol. The first-order valence-electron chi connectivity index (χ1n) is 5.27. The Morgan fingerprint density at radius 3 is 2.75 bits per heavy atom. The van der Waals surface area contributed by atoms with Crippen molar-refractivity contribution in [3.05, 3.63) is 29.8 Å². The molecule has 0 saturated carbocycles. The summed E-state index contributed by atoms with van der Waals surface area (Å²) >= 11 is 0. The largest absolute Gasteiger partial charge is 0.508 e. The van der Waals surface area contributed by atoms with Crippen molar-refractivity contribution in [1.29, 1.82) is 0 Å². The van der Waals surface area contributed by atoms with Crippen LogP contribution in [0.1, 0.15) is 12.0 Å². The first kappa shape index (κ1) is 11.4. The van der Waals surface area contributed by atoms with Crippen LogP contribution >= 0.6 is 0 Å². The highest BCUT2D eigenvalue weighted by Crippen LogP contribution is 2.17. The number of nitrogens with one attached hydrogen (secondary N) is 1. The van der Waals surface area contributed by atoms with Gasteiger partial charge >= 0.3 is 0 Å². The fourth-order valence-electron chi connectivity index (χ4n) is 1.87. The summed E-state index contributed by atoms with van der Waals surface area (Å²) in [5.74, 6) is 0.724. The summed E-state index contributed by atoms with van der Waals surface area (Å²) in [6, 6.07) is 7.08. The Labute approximate surface area is 95.2 Å². The highest BCUT2D eigenvalue weighted by atomic mass is 32.2. The number of sulfone groups is 1. The standard InChI is InChI=1S/C11H15NO3S/c13-11-4-2-1-3-9(11)7-12-10-5-6-16(14,15)8-10/h1-4,10,12-13H,5-8H2. The molecule has 1 heterocycles. The van der Waals surface area contributed by atoms with Crippen LogP contribution in [0.15, 0.2) is 24.3 Å². The molecule has 88 valence electrons. The molecule has 1 saturated heterocycles. The average molecular weight is 241 g/mol. The predicted molar refractivity (Wildman–Crippen MR) is 62.0 cm³/mol. The summed E-state index contributed by atoms with van der Waals surface area (Å²) in [5.41, 5.74) is 0.798. The minimum Gasteiger partial charge on any atom is -0.508 e. The molecule has 0 aromatic heterocycles. The summed E-state index contributed by atoms with van der Waals surface area (Å²) in [5, 5.41) is 12.7. The highest BCUT2D eigenvalue weighted by Gasteiger charge is 2.27. The number of para-hydroxylation sites is 1. The second-order valence-electron chi connectivity index (χ2n) is 4.11. The number of hydrogen-bond donors (Lipinski definition) is 2. The molecule has 0 aliphatic carbocycles. The third-order valence-electron chi connectivity index (χ3n) is 2.81. The van der Waals surface area contributed by atoms with Gasteiger partial charge in [-0.3, -0.25) is 0 Å². The molecule has 2 rings (SSSR count). The Kier molecular flexibility index (Phi) is 3.16. The number of phenolic OH excluding ortho intramolecular Hbond substituents is 1. The lowest BCUT2D eigenvalue weighted by molar-refractivity contribution is 0.459. The molecule has 1 aliphatic rings. The molecule has 16 heavy (non-hydrogen) atoms. The molecule has 0 radical (unpaired) electrons. The van der Waals surface area contributed by atoms with Gasteiger partial charge in [0.1, 0.15) is 5.75 Å². The second-order valence-corrected chi connectivity index (χ2v) is 6.34. The maximum absolute atomic E-state index is 11.2. The van der Waals surface area contributed by atoms with Gasteiger partial charge in [0.05, 0.1) is 11.5 Å². The van der Waals surface area contributed by atoms with Crippen molar-refractivity contribution in [2.45, 2.75) is 19.0 Å². The first-order valence-corrected chi connectivity index (χ1v) is 7.10. The van der Waals surface area contributed by atoms with E-state index in [0.29, 0.717) is 13.0 Å². The summed E-state index contributed by atoms with van der Waals surface area (Å²) < 4.78 is 22.5. The molecule has 1 aromatic carbocycles. The number of hydrogen-bond acceptors (Lipinski definition) is 4. The zero-order valence-electron chi connectivity index (χ0n) is 8.89. The van der Waals surface area contributed by atoms with Gasteiger partial charge in [-0.1, -0.05) is 18.2 Å². The van der Waals surface area contributed by atoms with E-state index in [2.05, 4.69) is 5.32 Å². The molecule has 2 N–H and O–H groups in total. The SMILES string of the molecule is O=S1(=O)CCC(NCc2ccccc2O)C1. The van der Waals surface area contributed by atoms with Crippen LogP contribution in [0.3, 0.4) is 0 Å². The molecule has 1 aliphatic heterocycles. The Morgan fingerprint density at radius 2 is 2.12 bits per heavy atom. The van der Waals surface area contributed by atoms with E-state index in [1.807, 2.05) is 12.1 Å². The van der Waals surface area contributed by atoms with Gasteiger partial charge < -0.3 is 10.4 Å².